The van der Waals surface area contributed by atoms with Crippen molar-refractivity contribution in [3.63, 3.8) is 0 Å². The van der Waals surface area contributed by atoms with E-state index in [9.17, 15) is 4.79 Å². The van der Waals surface area contributed by atoms with Gasteiger partial charge in [0.1, 0.15) is 6.61 Å². The highest BCUT2D eigenvalue weighted by Gasteiger charge is 2.04. The van der Waals surface area contributed by atoms with Gasteiger partial charge in [0, 0.05) is 25.4 Å². The van der Waals surface area contributed by atoms with Crippen molar-refractivity contribution in [2.24, 2.45) is 5.73 Å². The number of carbonyl (C=O) groups is 1. The van der Waals surface area contributed by atoms with Crippen molar-refractivity contribution in [1.82, 2.24) is 15.0 Å². The quantitative estimate of drug-likeness (QED) is 0.396. The monoisotopic (exact) mass is 264 g/mol. The third kappa shape index (κ3) is 7.34. The molecule has 0 bridgehead atoms. The molecule has 1 aromatic heterocycles. The van der Waals surface area contributed by atoms with Gasteiger partial charge in [-0.25, -0.2) is 0 Å². The summed E-state index contributed by atoms with van der Waals surface area (Å²) in [5.41, 5.74) is 5.95. The van der Waals surface area contributed by atoms with Crippen molar-refractivity contribution in [3.05, 3.63) is 12.4 Å². The summed E-state index contributed by atoms with van der Waals surface area (Å²) in [6.07, 6.45) is 6.07. The first-order valence-electron chi connectivity index (χ1n) is 6.35. The zero-order chi connectivity index (χ0) is 13.9. The number of carbonyl (C=O) groups excluding carboxylic acids is 1. The third-order valence-electron chi connectivity index (χ3n) is 2.56. The standard InChI is InChI=1S/C13H20N4O2/c1-2-4-13(18)11-19-10-6-12(14)5-3-8-17-9-7-15-16-17/h7,9,12H,3,5-6,8,10-11,14H2,1H3. The fourth-order valence-corrected chi connectivity index (χ4v) is 1.59. The first-order chi connectivity index (χ1) is 9.22. The molecule has 6 heteroatoms. The van der Waals surface area contributed by atoms with Crippen molar-refractivity contribution in [2.45, 2.75) is 38.8 Å². The van der Waals surface area contributed by atoms with Crippen molar-refractivity contribution in [1.29, 1.82) is 0 Å². The van der Waals surface area contributed by atoms with Crippen LogP contribution in [0.3, 0.4) is 0 Å². The lowest BCUT2D eigenvalue weighted by Crippen LogP contribution is -2.23. The fraction of sp³-hybridized carbons (Fsp3) is 0.615. The van der Waals surface area contributed by atoms with Crippen LogP contribution in [0.2, 0.25) is 0 Å². The highest BCUT2D eigenvalue weighted by atomic mass is 16.5. The molecule has 0 fully saturated rings. The van der Waals surface area contributed by atoms with Crippen LogP contribution in [0.5, 0.6) is 0 Å². The van der Waals surface area contributed by atoms with E-state index in [1.165, 1.54) is 0 Å². The van der Waals surface area contributed by atoms with Crippen molar-refractivity contribution < 1.29 is 9.53 Å². The molecule has 19 heavy (non-hydrogen) atoms. The molecule has 1 rings (SSSR count). The maximum absolute atomic E-state index is 11.0. The molecule has 1 aromatic rings. The summed E-state index contributed by atoms with van der Waals surface area (Å²) in [5, 5.41) is 7.61. The lowest BCUT2D eigenvalue weighted by Gasteiger charge is -2.11. The van der Waals surface area contributed by atoms with E-state index in [2.05, 4.69) is 22.2 Å². The predicted molar refractivity (Wildman–Crippen MR) is 71.1 cm³/mol. The fourth-order valence-electron chi connectivity index (χ4n) is 1.59. The number of hydrogen-bond acceptors (Lipinski definition) is 5. The number of nitrogens with two attached hydrogens (primary N) is 1. The summed E-state index contributed by atoms with van der Waals surface area (Å²) in [7, 11) is 0. The van der Waals surface area contributed by atoms with Gasteiger partial charge in [-0.05, 0) is 32.1 Å². The lowest BCUT2D eigenvalue weighted by atomic mass is 10.1. The number of aromatic nitrogens is 3. The van der Waals surface area contributed by atoms with E-state index in [0.717, 1.165) is 25.8 Å². The minimum atomic E-state index is -0.192. The summed E-state index contributed by atoms with van der Waals surface area (Å²) in [6, 6.07) is 0.0795. The molecule has 0 radical (unpaired) electrons. The Bertz CT molecular complexity index is 420. The van der Waals surface area contributed by atoms with Crippen LogP contribution in [0.15, 0.2) is 12.4 Å². The van der Waals surface area contributed by atoms with Gasteiger partial charge >= 0.3 is 0 Å². The Morgan fingerprint density at radius 2 is 2.37 bits per heavy atom. The number of nitrogens with zero attached hydrogens (tertiary/aromatic N) is 3. The highest BCUT2D eigenvalue weighted by Crippen LogP contribution is 2.01. The molecule has 0 aliphatic rings. The molecule has 1 atom stereocenters. The zero-order valence-electron chi connectivity index (χ0n) is 11.2. The van der Waals surface area contributed by atoms with E-state index >= 15 is 0 Å². The van der Waals surface area contributed by atoms with Crippen molar-refractivity contribution in [2.75, 3.05) is 13.2 Å². The third-order valence-corrected chi connectivity index (χ3v) is 2.56. The van der Waals surface area contributed by atoms with Crippen LogP contribution in [0, 0.1) is 11.8 Å². The molecule has 0 saturated carbocycles. The van der Waals surface area contributed by atoms with E-state index in [1.807, 2.05) is 6.20 Å². The van der Waals surface area contributed by atoms with E-state index < -0.39 is 0 Å². The van der Waals surface area contributed by atoms with Gasteiger partial charge in [0.15, 0.2) is 0 Å². The summed E-state index contributed by atoms with van der Waals surface area (Å²) in [5.74, 6) is 4.77. The Hall–Kier alpha value is -1.71. The molecule has 1 unspecified atom stereocenters. The second-order valence-electron chi connectivity index (χ2n) is 4.21. The van der Waals surface area contributed by atoms with Gasteiger partial charge in [-0.2, -0.15) is 0 Å². The Labute approximate surface area is 113 Å². The van der Waals surface area contributed by atoms with E-state index in [1.54, 1.807) is 17.8 Å². The summed E-state index contributed by atoms with van der Waals surface area (Å²) in [4.78, 5) is 11.0. The van der Waals surface area contributed by atoms with Gasteiger partial charge < -0.3 is 10.5 Å². The second kappa shape index (κ2) is 9.25. The topological polar surface area (TPSA) is 83.0 Å². The Morgan fingerprint density at radius 3 is 3.05 bits per heavy atom. The minimum absolute atomic E-state index is 0.0481. The molecule has 0 aromatic carbocycles. The zero-order valence-corrected chi connectivity index (χ0v) is 11.2. The molecule has 0 amide bonds. The highest BCUT2D eigenvalue weighted by molar-refractivity contribution is 5.96. The van der Waals surface area contributed by atoms with Gasteiger partial charge in [0.2, 0.25) is 5.78 Å². The van der Waals surface area contributed by atoms with Crippen LogP contribution < -0.4 is 5.73 Å². The first kappa shape index (κ1) is 15.3. The molecule has 1 heterocycles. The van der Waals surface area contributed by atoms with Crippen LogP contribution in [0.25, 0.3) is 0 Å². The van der Waals surface area contributed by atoms with Crippen LogP contribution in [-0.2, 0) is 16.1 Å². The number of aryl methyl sites for hydroxylation is 1. The Morgan fingerprint density at radius 1 is 1.53 bits per heavy atom. The number of ether oxygens (including phenoxy) is 1. The summed E-state index contributed by atoms with van der Waals surface area (Å²) >= 11 is 0. The first-order valence-corrected chi connectivity index (χ1v) is 6.35. The maximum Gasteiger partial charge on any atom is 0.231 e. The number of ketones is 1. The molecule has 0 aliphatic heterocycles. The van der Waals surface area contributed by atoms with Gasteiger partial charge in [-0.1, -0.05) is 11.1 Å². The van der Waals surface area contributed by atoms with Gasteiger partial charge in [-0.15, -0.1) is 5.10 Å². The lowest BCUT2D eigenvalue weighted by molar-refractivity contribution is -0.118. The summed E-state index contributed by atoms with van der Waals surface area (Å²) < 4.78 is 6.99. The van der Waals surface area contributed by atoms with Crippen LogP contribution in [0.4, 0.5) is 0 Å². The maximum atomic E-state index is 11.0. The number of rotatable bonds is 9. The van der Waals surface area contributed by atoms with Gasteiger partial charge in [-0.3, -0.25) is 9.48 Å². The van der Waals surface area contributed by atoms with Gasteiger partial charge in [0.25, 0.3) is 0 Å². The largest absolute Gasteiger partial charge is 0.373 e. The molecule has 2 N–H and O–H groups in total. The minimum Gasteiger partial charge on any atom is -0.373 e. The second-order valence-corrected chi connectivity index (χ2v) is 4.21. The smallest absolute Gasteiger partial charge is 0.231 e. The van der Waals surface area contributed by atoms with Crippen molar-refractivity contribution in [3.8, 4) is 11.8 Å². The molecule has 0 aliphatic carbocycles. The molecule has 0 spiro atoms. The predicted octanol–water partition coefficient (Wildman–Crippen LogP) is 0.385. The normalized spacial score (nSPS) is 11.7. The molecule has 0 saturated heterocycles. The van der Waals surface area contributed by atoms with Crippen LogP contribution >= 0.6 is 0 Å². The van der Waals surface area contributed by atoms with E-state index in [-0.39, 0.29) is 18.4 Å². The van der Waals surface area contributed by atoms with E-state index in [4.69, 9.17) is 10.5 Å². The summed E-state index contributed by atoms with van der Waals surface area (Å²) in [6.45, 7) is 2.98. The molecule has 104 valence electrons. The Kier molecular flexibility index (Phi) is 7.47. The van der Waals surface area contributed by atoms with Crippen molar-refractivity contribution >= 4 is 5.78 Å². The average molecular weight is 264 g/mol. The van der Waals surface area contributed by atoms with Crippen LogP contribution in [-0.4, -0.2) is 40.0 Å². The van der Waals surface area contributed by atoms with Gasteiger partial charge in [0.05, 0.1) is 6.20 Å². The van der Waals surface area contributed by atoms with Crippen LogP contribution in [0.1, 0.15) is 26.2 Å². The number of Topliss-reactive ketones (excluding diaryl/α,β-unsaturated/α-hetero) is 1. The van der Waals surface area contributed by atoms with E-state index in [0.29, 0.717) is 6.61 Å². The molecule has 6 nitrogen and oxygen atoms in total. The average Bonchev–Trinajstić information content (AvgIpc) is 2.88. The number of hydrogen-bond donors (Lipinski definition) is 1. The molecular weight excluding hydrogens is 244 g/mol. The SMILES string of the molecule is CC#CC(=O)COCCC(N)CCCn1ccnn1. The molecular formula is C13H20N4O2. The Balaban J connectivity index is 1.99.